The number of aryl methyl sites for hydroxylation is 1. The average molecular weight is 328 g/mol. The van der Waals surface area contributed by atoms with Gasteiger partial charge >= 0.3 is 0 Å². The largest absolute Gasteiger partial charge is 0.376 e. The minimum absolute atomic E-state index is 0.0615. The van der Waals surface area contributed by atoms with Crippen molar-refractivity contribution in [3.05, 3.63) is 42.0 Å². The van der Waals surface area contributed by atoms with E-state index in [1.54, 1.807) is 6.20 Å². The zero-order valence-electron chi connectivity index (χ0n) is 14.0. The number of amides is 1. The fraction of sp³-hybridized carbons (Fsp3) is 0.556. The van der Waals surface area contributed by atoms with Crippen molar-refractivity contribution in [2.75, 3.05) is 13.2 Å². The molecular formula is C18H24N4O2. The van der Waals surface area contributed by atoms with E-state index < -0.39 is 0 Å². The number of rotatable bonds is 6. The van der Waals surface area contributed by atoms with E-state index in [1.165, 1.54) is 12.8 Å². The van der Waals surface area contributed by atoms with Crippen molar-refractivity contribution in [2.45, 2.75) is 37.8 Å². The van der Waals surface area contributed by atoms with Crippen molar-refractivity contribution in [3.63, 3.8) is 0 Å². The minimum atomic E-state index is 0.0615. The van der Waals surface area contributed by atoms with Gasteiger partial charge in [-0.2, -0.15) is 5.10 Å². The first kappa shape index (κ1) is 15.4. The van der Waals surface area contributed by atoms with Crippen LogP contribution < -0.4 is 0 Å². The summed E-state index contributed by atoms with van der Waals surface area (Å²) in [5.74, 6) is 0.795. The lowest BCUT2D eigenvalue weighted by atomic mass is 10.0. The fourth-order valence-electron chi connectivity index (χ4n) is 3.49. The first-order valence-corrected chi connectivity index (χ1v) is 8.74. The molecule has 1 saturated carbocycles. The number of carbonyl (C=O) groups is 1. The van der Waals surface area contributed by atoms with Crippen LogP contribution in [0.3, 0.4) is 0 Å². The van der Waals surface area contributed by atoms with Crippen molar-refractivity contribution in [3.8, 4) is 0 Å². The third-order valence-corrected chi connectivity index (χ3v) is 5.02. The summed E-state index contributed by atoms with van der Waals surface area (Å²) in [6.45, 7) is 1.58. The second-order valence-electron chi connectivity index (χ2n) is 6.98. The zero-order valence-corrected chi connectivity index (χ0v) is 14.0. The number of ether oxygens (including phenoxy) is 1. The lowest BCUT2D eigenvalue weighted by Gasteiger charge is -2.28. The molecule has 4 rings (SSSR count). The Bertz CT molecular complexity index is 690. The van der Waals surface area contributed by atoms with Crippen LogP contribution >= 0.6 is 0 Å². The van der Waals surface area contributed by atoms with E-state index in [-0.39, 0.29) is 18.1 Å². The Morgan fingerprint density at radius 3 is 2.96 bits per heavy atom. The second-order valence-corrected chi connectivity index (χ2v) is 6.98. The van der Waals surface area contributed by atoms with Gasteiger partial charge in [0.2, 0.25) is 0 Å². The van der Waals surface area contributed by atoms with Crippen LogP contribution in [-0.2, 0) is 18.2 Å². The minimum Gasteiger partial charge on any atom is -0.376 e. The third kappa shape index (κ3) is 3.24. The lowest BCUT2D eigenvalue weighted by Crippen LogP contribution is -2.42. The number of nitrogens with zero attached hydrogens (tertiary/aromatic N) is 3. The highest BCUT2D eigenvalue weighted by Gasteiger charge is 2.39. The van der Waals surface area contributed by atoms with Gasteiger partial charge in [-0.05, 0) is 49.3 Å². The maximum absolute atomic E-state index is 12.8. The Morgan fingerprint density at radius 1 is 1.42 bits per heavy atom. The van der Waals surface area contributed by atoms with Crippen molar-refractivity contribution >= 4 is 5.91 Å². The standard InChI is InChI=1S/C18H24N4O2/c1-21-11-14(10-20-21)9-16-17(24-12-13-4-5-13)6-8-22(16)18(23)15-3-2-7-19-15/h2-3,7,10-11,13,16-17,19H,4-6,8-9,12H2,1H3/t16-,17+/m0/s1. The molecule has 0 radical (unpaired) electrons. The van der Waals surface area contributed by atoms with E-state index in [0.717, 1.165) is 37.5 Å². The van der Waals surface area contributed by atoms with Crippen LogP contribution in [-0.4, -0.2) is 50.9 Å². The normalized spacial score (nSPS) is 23.8. The summed E-state index contributed by atoms with van der Waals surface area (Å²) in [4.78, 5) is 17.8. The Morgan fingerprint density at radius 2 is 2.29 bits per heavy atom. The number of nitrogens with one attached hydrogen (secondary N) is 1. The molecule has 1 N–H and O–H groups in total. The molecule has 0 aromatic carbocycles. The highest BCUT2D eigenvalue weighted by Crippen LogP contribution is 2.32. The lowest BCUT2D eigenvalue weighted by molar-refractivity contribution is 0.0199. The third-order valence-electron chi connectivity index (χ3n) is 5.02. The monoisotopic (exact) mass is 328 g/mol. The Labute approximate surface area is 141 Å². The van der Waals surface area contributed by atoms with Gasteiger partial charge < -0.3 is 14.6 Å². The Balaban J connectivity index is 1.51. The molecule has 2 fully saturated rings. The van der Waals surface area contributed by atoms with Crippen LogP contribution in [0.1, 0.15) is 35.3 Å². The number of aromatic amines is 1. The quantitative estimate of drug-likeness (QED) is 0.882. The van der Waals surface area contributed by atoms with Crippen LogP contribution in [0.5, 0.6) is 0 Å². The van der Waals surface area contributed by atoms with Crippen molar-refractivity contribution in [2.24, 2.45) is 13.0 Å². The molecule has 24 heavy (non-hydrogen) atoms. The molecule has 6 heteroatoms. The maximum Gasteiger partial charge on any atom is 0.270 e. The number of hydrogen-bond acceptors (Lipinski definition) is 3. The number of carbonyl (C=O) groups excluding carboxylic acids is 1. The van der Waals surface area contributed by atoms with Gasteiger partial charge in [-0.25, -0.2) is 0 Å². The Hall–Kier alpha value is -2.08. The molecule has 128 valence electrons. The number of likely N-dealkylation sites (tertiary alicyclic amines) is 1. The molecule has 2 atom stereocenters. The van der Waals surface area contributed by atoms with Gasteiger partial charge in [0.1, 0.15) is 5.69 Å². The van der Waals surface area contributed by atoms with Crippen molar-refractivity contribution < 1.29 is 9.53 Å². The predicted molar refractivity (Wildman–Crippen MR) is 89.6 cm³/mol. The van der Waals surface area contributed by atoms with E-state index in [1.807, 2.05) is 41.2 Å². The van der Waals surface area contributed by atoms with E-state index in [9.17, 15) is 4.79 Å². The number of H-pyrrole nitrogens is 1. The molecule has 0 bridgehead atoms. The van der Waals surface area contributed by atoms with Gasteiger partial charge in [0.15, 0.2) is 0 Å². The summed E-state index contributed by atoms with van der Waals surface area (Å²) in [6, 6.07) is 3.77. The van der Waals surface area contributed by atoms with Crippen LogP contribution in [0.15, 0.2) is 30.7 Å². The topological polar surface area (TPSA) is 63.1 Å². The fourth-order valence-corrected chi connectivity index (χ4v) is 3.49. The zero-order chi connectivity index (χ0) is 16.5. The summed E-state index contributed by atoms with van der Waals surface area (Å²) in [6.07, 6.45) is 10.1. The van der Waals surface area contributed by atoms with Crippen molar-refractivity contribution in [1.29, 1.82) is 0 Å². The van der Waals surface area contributed by atoms with Crippen LogP contribution in [0.25, 0.3) is 0 Å². The summed E-state index contributed by atoms with van der Waals surface area (Å²) >= 11 is 0. The molecule has 0 unspecified atom stereocenters. The number of hydrogen-bond donors (Lipinski definition) is 1. The first-order chi connectivity index (χ1) is 11.7. The summed E-state index contributed by atoms with van der Waals surface area (Å²) in [5.41, 5.74) is 1.79. The smallest absolute Gasteiger partial charge is 0.270 e. The van der Waals surface area contributed by atoms with Gasteiger partial charge in [-0.3, -0.25) is 9.48 Å². The molecule has 2 aliphatic rings. The van der Waals surface area contributed by atoms with E-state index in [4.69, 9.17) is 4.74 Å². The van der Waals surface area contributed by atoms with Gasteiger partial charge in [0.25, 0.3) is 5.91 Å². The molecule has 1 aliphatic heterocycles. The molecule has 1 saturated heterocycles. The van der Waals surface area contributed by atoms with Crippen LogP contribution in [0.2, 0.25) is 0 Å². The first-order valence-electron chi connectivity index (χ1n) is 8.74. The average Bonchev–Trinajstić information content (AvgIpc) is 2.98. The predicted octanol–water partition coefficient (Wildman–Crippen LogP) is 2.00. The molecule has 0 spiro atoms. The number of aromatic nitrogens is 3. The van der Waals surface area contributed by atoms with Gasteiger partial charge in [-0.1, -0.05) is 0 Å². The highest BCUT2D eigenvalue weighted by atomic mass is 16.5. The molecule has 1 amide bonds. The van der Waals surface area contributed by atoms with Gasteiger partial charge in [-0.15, -0.1) is 0 Å². The Kier molecular flexibility index (Phi) is 4.14. The van der Waals surface area contributed by atoms with Gasteiger partial charge in [0, 0.05) is 32.6 Å². The SMILES string of the molecule is Cn1cc(C[C@H]2[C@H](OCC3CC3)CCN2C(=O)c2ccc[nH]2)cn1. The molecule has 2 aromatic rings. The van der Waals surface area contributed by atoms with Crippen molar-refractivity contribution in [1.82, 2.24) is 19.7 Å². The molecule has 1 aliphatic carbocycles. The molecule has 2 aromatic heterocycles. The maximum atomic E-state index is 12.8. The second kappa shape index (κ2) is 6.43. The summed E-state index contributed by atoms with van der Waals surface area (Å²) in [7, 11) is 1.92. The van der Waals surface area contributed by atoms with Gasteiger partial charge in [0.05, 0.1) is 18.3 Å². The molecular weight excluding hydrogens is 304 g/mol. The van der Waals surface area contributed by atoms with E-state index in [2.05, 4.69) is 10.1 Å². The molecule has 3 heterocycles. The summed E-state index contributed by atoms with van der Waals surface area (Å²) in [5, 5.41) is 4.25. The highest BCUT2D eigenvalue weighted by molar-refractivity contribution is 5.92. The van der Waals surface area contributed by atoms with E-state index in [0.29, 0.717) is 5.69 Å². The van der Waals surface area contributed by atoms with Crippen LogP contribution in [0, 0.1) is 5.92 Å². The summed E-state index contributed by atoms with van der Waals surface area (Å²) < 4.78 is 7.99. The van der Waals surface area contributed by atoms with E-state index >= 15 is 0 Å². The molecule has 6 nitrogen and oxygen atoms in total. The van der Waals surface area contributed by atoms with Crippen LogP contribution in [0.4, 0.5) is 0 Å².